The lowest BCUT2D eigenvalue weighted by Gasteiger charge is -2.22. The average Bonchev–Trinajstić information content (AvgIpc) is 2.50. The third kappa shape index (κ3) is 6.64. The number of amides is 1. The molecule has 9 heteroatoms. The second kappa shape index (κ2) is 8.44. The van der Waals surface area contributed by atoms with E-state index in [2.05, 4.69) is 9.71 Å². The van der Waals surface area contributed by atoms with E-state index >= 15 is 0 Å². The van der Waals surface area contributed by atoms with E-state index in [4.69, 9.17) is 5.11 Å². The molecule has 0 saturated carbocycles. The SMILES string of the molecule is CNS(=O)(=O)CCN(Cc1ccncc1)C(=O)CCC(=O)O. The molecule has 2 N–H and O–H groups in total. The number of hydrogen-bond acceptors (Lipinski definition) is 5. The first kappa shape index (κ1) is 18.1. The number of rotatable bonds is 9. The van der Waals surface area contributed by atoms with Gasteiger partial charge in [0.1, 0.15) is 0 Å². The molecule has 0 unspecified atom stereocenters. The zero-order valence-electron chi connectivity index (χ0n) is 12.2. The van der Waals surface area contributed by atoms with Gasteiger partial charge in [0.25, 0.3) is 0 Å². The van der Waals surface area contributed by atoms with E-state index in [1.54, 1.807) is 24.5 Å². The normalized spacial score (nSPS) is 11.1. The number of sulfonamides is 1. The molecule has 8 nitrogen and oxygen atoms in total. The Morgan fingerprint density at radius 1 is 1.27 bits per heavy atom. The minimum Gasteiger partial charge on any atom is -0.481 e. The van der Waals surface area contributed by atoms with Gasteiger partial charge < -0.3 is 10.0 Å². The Kier molecular flexibility index (Phi) is 6.93. The zero-order valence-corrected chi connectivity index (χ0v) is 13.0. The van der Waals surface area contributed by atoms with E-state index in [1.165, 1.54) is 11.9 Å². The summed E-state index contributed by atoms with van der Waals surface area (Å²) in [6.07, 6.45) is 2.68. The Hall–Kier alpha value is -2.00. The Balaban J connectivity index is 2.75. The molecular formula is C13H19N3O5S. The molecule has 0 aliphatic carbocycles. The molecular weight excluding hydrogens is 310 g/mol. The summed E-state index contributed by atoms with van der Waals surface area (Å²) in [6.45, 7) is 0.199. The lowest BCUT2D eigenvalue weighted by Crippen LogP contribution is -2.37. The van der Waals surface area contributed by atoms with E-state index < -0.39 is 21.9 Å². The van der Waals surface area contributed by atoms with Gasteiger partial charge in [0.15, 0.2) is 0 Å². The Bertz CT molecular complexity index is 603. The van der Waals surface area contributed by atoms with E-state index in [1.807, 2.05) is 0 Å². The van der Waals surface area contributed by atoms with Gasteiger partial charge >= 0.3 is 5.97 Å². The van der Waals surface area contributed by atoms with Gasteiger partial charge in [0, 0.05) is 31.9 Å². The van der Waals surface area contributed by atoms with Gasteiger partial charge in [-0.15, -0.1) is 0 Å². The maximum Gasteiger partial charge on any atom is 0.303 e. The van der Waals surface area contributed by atoms with Crippen molar-refractivity contribution in [2.45, 2.75) is 19.4 Å². The predicted octanol–water partition coefficient (Wildman–Crippen LogP) is -0.176. The molecule has 0 aromatic carbocycles. The molecule has 1 rings (SSSR count). The molecule has 0 fully saturated rings. The Morgan fingerprint density at radius 3 is 2.45 bits per heavy atom. The Labute approximate surface area is 129 Å². The molecule has 22 heavy (non-hydrogen) atoms. The van der Waals surface area contributed by atoms with Crippen LogP contribution in [0.1, 0.15) is 18.4 Å². The second-order valence-corrected chi connectivity index (χ2v) is 6.63. The average molecular weight is 329 g/mol. The van der Waals surface area contributed by atoms with E-state index in [-0.39, 0.29) is 31.7 Å². The first-order valence-electron chi connectivity index (χ1n) is 6.64. The first-order valence-corrected chi connectivity index (χ1v) is 8.29. The molecule has 0 spiro atoms. The third-order valence-corrected chi connectivity index (χ3v) is 4.31. The number of nitrogens with one attached hydrogen (secondary N) is 1. The molecule has 1 aromatic rings. The first-order chi connectivity index (χ1) is 10.3. The van der Waals surface area contributed by atoms with Crippen LogP contribution in [0.3, 0.4) is 0 Å². The summed E-state index contributed by atoms with van der Waals surface area (Å²) in [5.41, 5.74) is 0.792. The second-order valence-electron chi connectivity index (χ2n) is 4.59. The third-order valence-electron chi connectivity index (χ3n) is 2.97. The largest absolute Gasteiger partial charge is 0.481 e. The number of carboxylic acids is 1. The molecule has 1 heterocycles. The standard InChI is InChI=1S/C13H19N3O5S/c1-14-22(20,21)9-8-16(12(17)2-3-13(18)19)10-11-4-6-15-7-5-11/h4-7,14H,2-3,8-10H2,1H3,(H,18,19). The molecule has 1 amide bonds. The van der Waals surface area contributed by atoms with Gasteiger partial charge in [0.05, 0.1) is 12.2 Å². The maximum atomic E-state index is 12.1. The van der Waals surface area contributed by atoms with Crippen molar-refractivity contribution in [3.63, 3.8) is 0 Å². The van der Waals surface area contributed by atoms with Crippen LogP contribution in [0.5, 0.6) is 0 Å². The highest BCUT2D eigenvalue weighted by molar-refractivity contribution is 7.89. The van der Waals surface area contributed by atoms with Gasteiger partial charge in [-0.25, -0.2) is 13.1 Å². The Morgan fingerprint density at radius 2 is 1.91 bits per heavy atom. The van der Waals surface area contributed by atoms with Crippen molar-refractivity contribution in [1.82, 2.24) is 14.6 Å². The van der Waals surface area contributed by atoms with Crippen LogP contribution in [0.4, 0.5) is 0 Å². The van der Waals surface area contributed by atoms with Gasteiger partial charge in [-0.05, 0) is 24.7 Å². The smallest absolute Gasteiger partial charge is 0.303 e. The fourth-order valence-electron chi connectivity index (χ4n) is 1.70. The number of hydrogen-bond donors (Lipinski definition) is 2. The minimum absolute atomic E-state index is 0.00997. The van der Waals surface area contributed by atoms with E-state index in [0.29, 0.717) is 0 Å². The summed E-state index contributed by atoms with van der Waals surface area (Å²) in [6, 6.07) is 3.42. The van der Waals surface area contributed by atoms with E-state index in [9.17, 15) is 18.0 Å². The fourth-order valence-corrected chi connectivity index (χ4v) is 2.37. The summed E-state index contributed by atoms with van der Waals surface area (Å²) in [4.78, 5) is 27.9. The number of pyridine rings is 1. The summed E-state index contributed by atoms with van der Waals surface area (Å²) in [7, 11) is -2.14. The quantitative estimate of drug-likeness (QED) is 0.649. The molecule has 1 aromatic heterocycles. The van der Waals surface area contributed by atoms with Crippen molar-refractivity contribution >= 4 is 21.9 Å². The van der Waals surface area contributed by atoms with Crippen molar-refractivity contribution in [1.29, 1.82) is 0 Å². The number of nitrogens with zero attached hydrogens (tertiary/aromatic N) is 2. The number of carboxylic acid groups (broad SMARTS) is 1. The van der Waals surface area contributed by atoms with Crippen molar-refractivity contribution in [3.8, 4) is 0 Å². The molecule has 0 bridgehead atoms. The molecule has 0 radical (unpaired) electrons. The van der Waals surface area contributed by atoms with Crippen LogP contribution < -0.4 is 4.72 Å². The summed E-state index contributed by atoms with van der Waals surface area (Å²) >= 11 is 0. The van der Waals surface area contributed by atoms with Crippen LogP contribution in [0.25, 0.3) is 0 Å². The molecule has 0 saturated heterocycles. The molecule has 0 aliphatic rings. The zero-order chi connectivity index (χ0) is 16.6. The fraction of sp³-hybridized carbons (Fsp3) is 0.462. The van der Waals surface area contributed by atoms with Crippen LogP contribution in [-0.4, -0.2) is 54.6 Å². The topological polar surface area (TPSA) is 117 Å². The van der Waals surface area contributed by atoms with Crippen LogP contribution in [0.15, 0.2) is 24.5 Å². The molecule has 0 aliphatic heterocycles. The summed E-state index contributed by atoms with van der Waals surface area (Å²) in [5.74, 6) is -1.71. The molecule has 0 atom stereocenters. The maximum absolute atomic E-state index is 12.1. The van der Waals surface area contributed by atoms with Crippen LogP contribution >= 0.6 is 0 Å². The van der Waals surface area contributed by atoms with Crippen LogP contribution in [0.2, 0.25) is 0 Å². The highest BCUT2D eigenvalue weighted by Crippen LogP contribution is 2.07. The van der Waals surface area contributed by atoms with Crippen LogP contribution in [-0.2, 0) is 26.2 Å². The van der Waals surface area contributed by atoms with Gasteiger partial charge in [-0.2, -0.15) is 0 Å². The lowest BCUT2D eigenvalue weighted by molar-refractivity contribution is -0.141. The van der Waals surface area contributed by atoms with Crippen molar-refractivity contribution in [2.24, 2.45) is 0 Å². The molecule has 122 valence electrons. The van der Waals surface area contributed by atoms with E-state index in [0.717, 1.165) is 5.56 Å². The summed E-state index contributed by atoms with van der Waals surface area (Å²) in [5, 5.41) is 8.65. The van der Waals surface area contributed by atoms with Crippen molar-refractivity contribution in [2.75, 3.05) is 19.3 Å². The van der Waals surface area contributed by atoms with Crippen LogP contribution in [0, 0.1) is 0 Å². The van der Waals surface area contributed by atoms with Gasteiger partial charge in [0.2, 0.25) is 15.9 Å². The number of carbonyl (C=O) groups excluding carboxylic acids is 1. The highest BCUT2D eigenvalue weighted by Gasteiger charge is 2.18. The van der Waals surface area contributed by atoms with Crippen molar-refractivity contribution in [3.05, 3.63) is 30.1 Å². The number of aliphatic carboxylic acids is 1. The monoisotopic (exact) mass is 329 g/mol. The van der Waals surface area contributed by atoms with Gasteiger partial charge in [-0.1, -0.05) is 0 Å². The van der Waals surface area contributed by atoms with Crippen molar-refractivity contribution < 1.29 is 23.1 Å². The highest BCUT2D eigenvalue weighted by atomic mass is 32.2. The number of aromatic nitrogens is 1. The lowest BCUT2D eigenvalue weighted by atomic mass is 10.2. The minimum atomic E-state index is -3.44. The number of carbonyl (C=O) groups is 2. The predicted molar refractivity (Wildman–Crippen MR) is 79.4 cm³/mol. The van der Waals surface area contributed by atoms with Gasteiger partial charge in [-0.3, -0.25) is 14.6 Å². The summed E-state index contributed by atoms with van der Waals surface area (Å²) < 4.78 is 25.2.